The lowest BCUT2D eigenvalue weighted by atomic mass is 9.95. The lowest BCUT2D eigenvalue weighted by Gasteiger charge is -2.10. The first kappa shape index (κ1) is 6.85. The van der Waals surface area contributed by atoms with E-state index in [2.05, 4.69) is 19.6 Å². The van der Waals surface area contributed by atoms with Gasteiger partial charge in [-0.1, -0.05) is 25.8 Å². The first-order valence-corrected chi connectivity index (χ1v) is 3.95. The molecule has 2 atom stereocenters. The molecule has 0 bridgehead atoms. The molecule has 1 aliphatic rings. The van der Waals surface area contributed by atoms with Gasteiger partial charge in [-0.05, 0) is 24.7 Å². The van der Waals surface area contributed by atoms with Gasteiger partial charge in [0.25, 0.3) is 0 Å². The van der Waals surface area contributed by atoms with Crippen LogP contribution in [0.25, 0.3) is 0 Å². The van der Waals surface area contributed by atoms with Crippen molar-refractivity contribution in [1.29, 1.82) is 0 Å². The van der Waals surface area contributed by atoms with E-state index < -0.39 is 0 Å². The SMILES string of the molecule is C=CC[C@H]1CCC[C@H]1C. The van der Waals surface area contributed by atoms with E-state index in [9.17, 15) is 0 Å². The van der Waals surface area contributed by atoms with Crippen molar-refractivity contribution in [3.05, 3.63) is 12.7 Å². The van der Waals surface area contributed by atoms with Crippen LogP contribution in [0.2, 0.25) is 0 Å². The minimum absolute atomic E-state index is 0.961. The van der Waals surface area contributed by atoms with Gasteiger partial charge in [-0.3, -0.25) is 0 Å². The van der Waals surface area contributed by atoms with E-state index in [1.807, 2.05) is 0 Å². The average Bonchev–Trinajstić information content (AvgIpc) is 2.18. The van der Waals surface area contributed by atoms with Crippen molar-refractivity contribution in [3.63, 3.8) is 0 Å². The zero-order chi connectivity index (χ0) is 6.69. The van der Waals surface area contributed by atoms with Crippen molar-refractivity contribution in [2.45, 2.75) is 32.6 Å². The smallest absolute Gasteiger partial charge is 0.0322 e. The molecule has 0 spiro atoms. The molecule has 52 valence electrons. The third kappa shape index (κ3) is 1.57. The minimum Gasteiger partial charge on any atom is -0.103 e. The highest BCUT2D eigenvalue weighted by Gasteiger charge is 2.21. The molecule has 1 aliphatic carbocycles. The van der Waals surface area contributed by atoms with Crippen molar-refractivity contribution < 1.29 is 0 Å². The summed E-state index contributed by atoms with van der Waals surface area (Å²) in [6.45, 7) is 6.12. The van der Waals surface area contributed by atoms with E-state index in [4.69, 9.17) is 0 Å². The fourth-order valence-electron chi connectivity index (χ4n) is 1.79. The van der Waals surface area contributed by atoms with E-state index in [0.29, 0.717) is 0 Å². The van der Waals surface area contributed by atoms with Gasteiger partial charge in [-0.15, -0.1) is 6.58 Å². The highest BCUT2D eigenvalue weighted by atomic mass is 14.3. The monoisotopic (exact) mass is 124 g/mol. The maximum absolute atomic E-state index is 3.76. The second kappa shape index (κ2) is 3.05. The van der Waals surface area contributed by atoms with Gasteiger partial charge < -0.3 is 0 Å². The van der Waals surface area contributed by atoms with Crippen LogP contribution in [0.4, 0.5) is 0 Å². The standard InChI is InChI=1S/C9H16/c1-3-5-9-7-4-6-8(9)2/h3,8-9H,1,4-7H2,2H3/t8-,9+/m1/s1. The average molecular weight is 124 g/mol. The van der Waals surface area contributed by atoms with Crippen LogP contribution >= 0.6 is 0 Å². The Hall–Kier alpha value is -0.260. The molecule has 0 aliphatic heterocycles. The fraction of sp³-hybridized carbons (Fsp3) is 0.778. The maximum atomic E-state index is 3.76. The molecule has 0 heterocycles. The molecular weight excluding hydrogens is 108 g/mol. The van der Waals surface area contributed by atoms with Crippen LogP contribution in [0.3, 0.4) is 0 Å². The molecule has 0 unspecified atom stereocenters. The second-order valence-corrected chi connectivity index (χ2v) is 3.19. The molecule has 0 heteroatoms. The van der Waals surface area contributed by atoms with Crippen molar-refractivity contribution >= 4 is 0 Å². The Morgan fingerprint density at radius 3 is 2.78 bits per heavy atom. The first-order chi connectivity index (χ1) is 4.34. The molecule has 0 nitrogen and oxygen atoms in total. The molecule has 0 saturated heterocycles. The topological polar surface area (TPSA) is 0 Å². The molecule has 1 saturated carbocycles. The lowest BCUT2D eigenvalue weighted by molar-refractivity contribution is 0.424. The molecule has 1 fully saturated rings. The third-order valence-corrected chi connectivity index (χ3v) is 2.51. The zero-order valence-corrected chi connectivity index (χ0v) is 6.27. The third-order valence-electron chi connectivity index (χ3n) is 2.51. The number of rotatable bonds is 2. The van der Waals surface area contributed by atoms with Crippen molar-refractivity contribution in [2.24, 2.45) is 11.8 Å². The Morgan fingerprint density at radius 2 is 2.33 bits per heavy atom. The van der Waals surface area contributed by atoms with Crippen LogP contribution in [-0.2, 0) is 0 Å². The van der Waals surface area contributed by atoms with Crippen molar-refractivity contribution in [2.75, 3.05) is 0 Å². The predicted molar refractivity (Wildman–Crippen MR) is 41.3 cm³/mol. The first-order valence-electron chi connectivity index (χ1n) is 3.95. The molecule has 0 radical (unpaired) electrons. The normalized spacial score (nSPS) is 34.8. The molecule has 0 amide bonds. The summed E-state index contributed by atoms with van der Waals surface area (Å²) in [5.41, 5.74) is 0. The van der Waals surface area contributed by atoms with Crippen LogP contribution in [0, 0.1) is 11.8 Å². The van der Waals surface area contributed by atoms with E-state index >= 15 is 0 Å². The summed E-state index contributed by atoms with van der Waals surface area (Å²) in [6, 6.07) is 0. The number of allylic oxidation sites excluding steroid dienone is 1. The van der Waals surface area contributed by atoms with Gasteiger partial charge in [0.15, 0.2) is 0 Å². The molecule has 9 heavy (non-hydrogen) atoms. The highest BCUT2D eigenvalue weighted by molar-refractivity contribution is 4.80. The molecular formula is C9H16. The number of hydrogen-bond donors (Lipinski definition) is 0. The van der Waals surface area contributed by atoms with Gasteiger partial charge in [-0.2, -0.15) is 0 Å². The summed E-state index contributed by atoms with van der Waals surface area (Å²) in [7, 11) is 0. The molecule has 1 rings (SSSR count). The molecule has 0 N–H and O–H groups in total. The van der Waals surface area contributed by atoms with Gasteiger partial charge in [0.2, 0.25) is 0 Å². The second-order valence-electron chi connectivity index (χ2n) is 3.19. The van der Waals surface area contributed by atoms with Crippen molar-refractivity contribution in [3.8, 4) is 0 Å². The van der Waals surface area contributed by atoms with Gasteiger partial charge in [0.05, 0.1) is 0 Å². The summed E-state index contributed by atoms with van der Waals surface area (Å²) in [6.07, 6.45) is 7.62. The van der Waals surface area contributed by atoms with Crippen LogP contribution < -0.4 is 0 Å². The Kier molecular flexibility index (Phi) is 2.32. The van der Waals surface area contributed by atoms with Gasteiger partial charge in [-0.25, -0.2) is 0 Å². The highest BCUT2D eigenvalue weighted by Crippen LogP contribution is 2.33. The molecule has 0 aromatic rings. The Bertz CT molecular complexity index is 94.2. The lowest BCUT2D eigenvalue weighted by Crippen LogP contribution is -2.01. The summed E-state index contributed by atoms with van der Waals surface area (Å²) in [5, 5.41) is 0. The van der Waals surface area contributed by atoms with Gasteiger partial charge >= 0.3 is 0 Å². The molecule has 0 aromatic heterocycles. The van der Waals surface area contributed by atoms with Gasteiger partial charge in [0, 0.05) is 0 Å². The summed E-state index contributed by atoms with van der Waals surface area (Å²) in [5.74, 6) is 1.92. The van der Waals surface area contributed by atoms with Crippen LogP contribution in [0.5, 0.6) is 0 Å². The van der Waals surface area contributed by atoms with E-state index in [1.54, 1.807) is 0 Å². The van der Waals surface area contributed by atoms with Crippen LogP contribution in [0.15, 0.2) is 12.7 Å². The van der Waals surface area contributed by atoms with Gasteiger partial charge in [0.1, 0.15) is 0 Å². The summed E-state index contributed by atoms with van der Waals surface area (Å²) >= 11 is 0. The largest absolute Gasteiger partial charge is 0.103 e. The number of hydrogen-bond acceptors (Lipinski definition) is 0. The Labute approximate surface area is 58.0 Å². The van der Waals surface area contributed by atoms with E-state index in [-0.39, 0.29) is 0 Å². The Morgan fingerprint density at radius 1 is 1.56 bits per heavy atom. The van der Waals surface area contributed by atoms with E-state index in [0.717, 1.165) is 11.8 Å². The molecule has 0 aromatic carbocycles. The minimum atomic E-state index is 0.961. The quantitative estimate of drug-likeness (QED) is 0.496. The summed E-state index contributed by atoms with van der Waals surface area (Å²) < 4.78 is 0. The predicted octanol–water partition coefficient (Wildman–Crippen LogP) is 3.00. The zero-order valence-electron chi connectivity index (χ0n) is 6.27. The van der Waals surface area contributed by atoms with Crippen LogP contribution in [-0.4, -0.2) is 0 Å². The Balaban J connectivity index is 2.30. The van der Waals surface area contributed by atoms with Crippen molar-refractivity contribution in [1.82, 2.24) is 0 Å². The summed E-state index contributed by atoms with van der Waals surface area (Å²) in [4.78, 5) is 0. The fourth-order valence-corrected chi connectivity index (χ4v) is 1.79. The van der Waals surface area contributed by atoms with E-state index in [1.165, 1.54) is 25.7 Å². The van der Waals surface area contributed by atoms with Crippen LogP contribution in [0.1, 0.15) is 32.6 Å². The maximum Gasteiger partial charge on any atom is -0.0322 e.